The van der Waals surface area contributed by atoms with Gasteiger partial charge in [-0.2, -0.15) is 23.3 Å². The molecule has 2 aromatic rings. The first-order chi connectivity index (χ1) is 13.6. The topological polar surface area (TPSA) is 144 Å². The average Bonchev–Trinajstić information content (AvgIpc) is 3.14. The van der Waals surface area contributed by atoms with Gasteiger partial charge in [-0.25, -0.2) is 9.78 Å². The van der Waals surface area contributed by atoms with Crippen LogP contribution in [0, 0.1) is 12.8 Å². The number of anilines is 3. The molecular formula is C16H19F3N6O4. The summed E-state index contributed by atoms with van der Waals surface area (Å²) in [4.78, 5) is 30.9. The van der Waals surface area contributed by atoms with Crippen molar-refractivity contribution in [2.75, 3.05) is 23.3 Å². The fourth-order valence-electron chi connectivity index (χ4n) is 2.58. The van der Waals surface area contributed by atoms with Crippen molar-refractivity contribution in [2.24, 2.45) is 5.92 Å². The van der Waals surface area contributed by atoms with E-state index in [-0.39, 0.29) is 5.92 Å². The molecule has 1 aliphatic rings. The third-order valence-electron chi connectivity index (χ3n) is 3.90. The largest absolute Gasteiger partial charge is 0.490 e. The van der Waals surface area contributed by atoms with E-state index in [2.05, 4.69) is 25.5 Å². The zero-order valence-corrected chi connectivity index (χ0v) is 15.3. The van der Waals surface area contributed by atoms with Gasteiger partial charge in [-0.05, 0) is 19.8 Å². The van der Waals surface area contributed by atoms with Crippen molar-refractivity contribution < 1.29 is 33.0 Å². The lowest BCUT2D eigenvalue weighted by molar-refractivity contribution is -0.192. The third-order valence-corrected chi connectivity index (χ3v) is 3.90. The maximum atomic E-state index is 11.2. The summed E-state index contributed by atoms with van der Waals surface area (Å²) in [5, 5.41) is 26.1. The number of hydrogen-bond donors (Lipinski definition) is 4. The van der Waals surface area contributed by atoms with Crippen LogP contribution in [0.4, 0.5) is 30.8 Å². The van der Waals surface area contributed by atoms with Crippen LogP contribution in [-0.2, 0) is 9.59 Å². The highest BCUT2D eigenvalue weighted by atomic mass is 19.4. The molecule has 0 aromatic carbocycles. The fraction of sp³-hybridized carbons (Fsp3) is 0.438. The molecule has 10 nitrogen and oxygen atoms in total. The first-order valence-corrected chi connectivity index (χ1v) is 8.46. The van der Waals surface area contributed by atoms with E-state index in [1.54, 1.807) is 12.3 Å². The zero-order valence-electron chi connectivity index (χ0n) is 15.3. The van der Waals surface area contributed by atoms with Gasteiger partial charge < -0.3 is 20.4 Å². The number of hydrogen-bond acceptors (Lipinski definition) is 7. The minimum Gasteiger partial charge on any atom is -0.481 e. The molecule has 13 heteroatoms. The molecule has 29 heavy (non-hydrogen) atoms. The smallest absolute Gasteiger partial charge is 0.481 e. The van der Waals surface area contributed by atoms with Gasteiger partial charge in [0, 0.05) is 30.9 Å². The minimum atomic E-state index is -5.08. The minimum absolute atomic E-state index is 0.359. The number of H-pyrrole nitrogens is 1. The van der Waals surface area contributed by atoms with Crippen LogP contribution in [0.5, 0.6) is 0 Å². The van der Waals surface area contributed by atoms with Gasteiger partial charge in [-0.15, -0.1) is 0 Å². The number of carboxylic acids is 2. The zero-order chi connectivity index (χ0) is 21.6. The summed E-state index contributed by atoms with van der Waals surface area (Å²) in [6, 6.07) is 3.64. The Labute approximate surface area is 162 Å². The summed E-state index contributed by atoms with van der Waals surface area (Å²) < 4.78 is 31.7. The molecule has 0 saturated carbocycles. The van der Waals surface area contributed by atoms with Gasteiger partial charge in [0.2, 0.25) is 5.95 Å². The molecule has 0 aliphatic carbocycles. The average molecular weight is 416 g/mol. The van der Waals surface area contributed by atoms with E-state index in [4.69, 9.17) is 9.90 Å². The van der Waals surface area contributed by atoms with Crippen LogP contribution in [0.1, 0.15) is 18.5 Å². The highest BCUT2D eigenvalue weighted by molar-refractivity contribution is 5.73. The molecule has 0 unspecified atom stereocenters. The van der Waals surface area contributed by atoms with Crippen molar-refractivity contribution in [3.05, 3.63) is 24.0 Å². The van der Waals surface area contributed by atoms with Crippen LogP contribution in [0.15, 0.2) is 18.3 Å². The van der Waals surface area contributed by atoms with Gasteiger partial charge in [0.15, 0.2) is 0 Å². The highest BCUT2D eigenvalue weighted by Gasteiger charge is 2.38. The molecule has 3 heterocycles. The van der Waals surface area contributed by atoms with Crippen molar-refractivity contribution >= 4 is 29.5 Å². The lowest BCUT2D eigenvalue weighted by atomic mass is 9.99. The lowest BCUT2D eigenvalue weighted by Crippen LogP contribution is -2.39. The number of nitrogens with one attached hydrogen (secondary N) is 2. The van der Waals surface area contributed by atoms with Crippen molar-refractivity contribution in [3.8, 4) is 0 Å². The molecule has 0 radical (unpaired) electrons. The van der Waals surface area contributed by atoms with Crippen LogP contribution < -0.4 is 10.2 Å². The molecular weight excluding hydrogens is 397 g/mol. The van der Waals surface area contributed by atoms with E-state index in [1.807, 2.05) is 17.9 Å². The predicted molar refractivity (Wildman–Crippen MR) is 94.9 cm³/mol. The van der Waals surface area contributed by atoms with Gasteiger partial charge >= 0.3 is 18.1 Å². The Balaban J connectivity index is 0.000000370. The van der Waals surface area contributed by atoms with Crippen molar-refractivity contribution in [1.82, 2.24) is 20.2 Å². The number of rotatable bonds is 4. The van der Waals surface area contributed by atoms with Gasteiger partial charge in [-0.3, -0.25) is 9.89 Å². The molecule has 0 spiro atoms. The van der Waals surface area contributed by atoms with Crippen molar-refractivity contribution in [1.29, 1.82) is 0 Å². The van der Waals surface area contributed by atoms with Gasteiger partial charge in [0.25, 0.3) is 0 Å². The number of alkyl halides is 3. The Morgan fingerprint density at radius 2 is 2.00 bits per heavy atom. The van der Waals surface area contributed by atoms with E-state index in [9.17, 15) is 23.1 Å². The lowest BCUT2D eigenvalue weighted by Gasteiger charge is -2.31. The predicted octanol–water partition coefficient (Wildman–Crippen LogP) is 2.19. The molecule has 2 aromatic heterocycles. The molecule has 1 aliphatic heterocycles. The fourth-order valence-corrected chi connectivity index (χ4v) is 2.58. The molecule has 1 saturated heterocycles. The molecule has 1 fully saturated rings. The molecule has 0 bridgehead atoms. The second-order valence-electron chi connectivity index (χ2n) is 6.22. The molecule has 4 N–H and O–H groups in total. The second-order valence-corrected chi connectivity index (χ2v) is 6.22. The maximum Gasteiger partial charge on any atom is 0.490 e. The van der Waals surface area contributed by atoms with Crippen LogP contribution in [0.3, 0.4) is 0 Å². The monoisotopic (exact) mass is 416 g/mol. The van der Waals surface area contributed by atoms with Crippen molar-refractivity contribution in [2.45, 2.75) is 25.9 Å². The second kappa shape index (κ2) is 9.21. The van der Waals surface area contributed by atoms with Crippen molar-refractivity contribution in [3.63, 3.8) is 0 Å². The van der Waals surface area contributed by atoms with E-state index in [0.717, 1.165) is 24.5 Å². The summed E-state index contributed by atoms with van der Waals surface area (Å²) >= 11 is 0. The highest BCUT2D eigenvalue weighted by Crippen LogP contribution is 2.23. The summed E-state index contributed by atoms with van der Waals surface area (Å²) in [6.45, 7) is 3.11. The first kappa shape index (κ1) is 21.9. The number of piperidine rings is 1. The Kier molecular flexibility index (Phi) is 6.96. The first-order valence-electron chi connectivity index (χ1n) is 8.46. The van der Waals surface area contributed by atoms with Gasteiger partial charge in [0.1, 0.15) is 11.6 Å². The number of halogens is 3. The summed E-state index contributed by atoms with van der Waals surface area (Å²) in [6.07, 6.45) is -1.89. The Morgan fingerprint density at radius 3 is 2.55 bits per heavy atom. The van der Waals surface area contributed by atoms with Gasteiger partial charge in [0.05, 0.1) is 12.1 Å². The SMILES string of the molecule is Cc1cc(Nc2ccn[nH]2)nc(N2CCC[C@@H](C(=O)O)C2)n1.O=C(O)C(F)(F)F. The van der Waals surface area contributed by atoms with Crippen LogP contribution in [-0.4, -0.2) is 61.6 Å². The quantitative estimate of drug-likeness (QED) is 0.589. The molecule has 158 valence electrons. The Hall–Kier alpha value is -3.38. The van der Waals surface area contributed by atoms with E-state index < -0.39 is 18.1 Å². The normalized spacial score (nSPS) is 16.6. The number of carboxylic acid groups (broad SMARTS) is 2. The maximum absolute atomic E-state index is 11.2. The van der Waals surface area contributed by atoms with Crippen LogP contribution in [0.2, 0.25) is 0 Å². The van der Waals surface area contributed by atoms with Crippen LogP contribution >= 0.6 is 0 Å². The number of aryl methyl sites for hydroxylation is 1. The Bertz CT molecular complexity index is 844. The number of carbonyl (C=O) groups is 2. The molecule has 0 amide bonds. The summed E-state index contributed by atoms with van der Waals surface area (Å²) in [7, 11) is 0. The number of aromatic amines is 1. The van der Waals surface area contributed by atoms with Crippen LogP contribution in [0.25, 0.3) is 0 Å². The Morgan fingerprint density at radius 1 is 1.31 bits per heavy atom. The van der Waals surface area contributed by atoms with E-state index >= 15 is 0 Å². The number of aliphatic carboxylic acids is 2. The van der Waals surface area contributed by atoms with E-state index in [0.29, 0.717) is 24.7 Å². The third kappa shape index (κ3) is 6.62. The molecule has 1 atom stereocenters. The number of aromatic nitrogens is 4. The van der Waals surface area contributed by atoms with Gasteiger partial charge in [-0.1, -0.05) is 0 Å². The standard InChI is InChI=1S/C14H18N6O2.C2HF3O2/c1-9-7-12(17-11-4-5-15-19-11)18-14(16-9)20-6-2-3-10(8-20)13(21)22;3-2(4,5)1(6)7/h4-5,7,10H,2-3,6,8H2,1H3,(H,21,22)(H2,15,16,17,18,19);(H,6,7)/t10-;/m1./s1. The summed E-state index contributed by atoms with van der Waals surface area (Å²) in [5.41, 5.74) is 0.824. The summed E-state index contributed by atoms with van der Waals surface area (Å²) in [5.74, 6) is -1.91. The molecule has 3 rings (SSSR count). The number of nitrogens with zero attached hydrogens (tertiary/aromatic N) is 4. The van der Waals surface area contributed by atoms with E-state index in [1.165, 1.54) is 0 Å².